The Morgan fingerprint density at radius 2 is 1.79 bits per heavy atom. The molecule has 1 atom stereocenters. The van der Waals surface area contributed by atoms with Crippen molar-refractivity contribution in [2.45, 2.75) is 24.8 Å². The van der Waals surface area contributed by atoms with Crippen molar-refractivity contribution in [1.82, 2.24) is 4.72 Å². The molecule has 29 heavy (non-hydrogen) atoms. The van der Waals surface area contributed by atoms with Gasteiger partial charge in [-0.2, -0.15) is 4.72 Å². The average molecular weight is 441 g/mol. The molecule has 0 aliphatic heterocycles. The second-order valence-corrected chi connectivity index (χ2v) is 8.05. The maximum Gasteiger partial charge on any atom is 0.338 e. The van der Waals surface area contributed by atoms with Gasteiger partial charge in [-0.25, -0.2) is 13.2 Å². The van der Waals surface area contributed by atoms with Crippen LogP contribution >= 0.6 is 11.6 Å². The van der Waals surface area contributed by atoms with Gasteiger partial charge in [0.2, 0.25) is 15.9 Å². The Bertz CT molecular complexity index is 992. The summed E-state index contributed by atoms with van der Waals surface area (Å²) in [6, 6.07) is 8.97. The molecule has 0 spiro atoms. The molecule has 0 radical (unpaired) electrons. The third-order valence-electron chi connectivity index (χ3n) is 3.82. The number of hydrogen-bond donors (Lipinski definition) is 2. The Morgan fingerprint density at radius 3 is 2.34 bits per heavy atom. The zero-order valence-corrected chi connectivity index (χ0v) is 17.6. The van der Waals surface area contributed by atoms with Gasteiger partial charge >= 0.3 is 5.97 Å². The van der Waals surface area contributed by atoms with E-state index in [0.717, 1.165) is 0 Å². The molecule has 0 heterocycles. The molecule has 0 aliphatic rings. The highest BCUT2D eigenvalue weighted by Gasteiger charge is 2.23. The maximum atomic E-state index is 12.5. The molecule has 0 unspecified atom stereocenters. The molecular formula is C19H21ClN2O6S. The summed E-state index contributed by atoms with van der Waals surface area (Å²) >= 11 is 5.97. The Labute approximate surface area is 174 Å². The van der Waals surface area contributed by atoms with Crippen molar-refractivity contribution in [2.75, 3.05) is 19.0 Å². The van der Waals surface area contributed by atoms with Gasteiger partial charge in [0.1, 0.15) is 5.75 Å². The number of carbonyl (C=O) groups excluding carboxylic acids is 2. The number of hydrogen-bond acceptors (Lipinski definition) is 6. The van der Waals surface area contributed by atoms with E-state index in [2.05, 4.69) is 10.0 Å². The predicted molar refractivity (Wildman–Crippen MR) is 109 cm³/mol. The number of esters is 1. The standard InChI is InChI=1S/C19H21ClN2O6S/c1-4-28-19(24)13-5-7-14(8-6-13)21-18(23)12(2)22-29(25,26)15-9-10-17(27-3)16(20)11-15/h5-12,22H,4H2,1-3H3,(H,21,23)/t12-/m0/s1. The van der Waals surface area contributed by atoms with Crippen molar-refractivity contribution in [1.29, 1.82) is 0 Å². The van der Waals surface area contributed by atoms with E-state index in [1.54, 1.807) is 6.92 Å². The molecule has 10 heteroatoms. The molecule has 2 aromatic rings. The fourth-order valence-corrected chi connectivity index (χ4v) is 3.87. The normalized spacial score (nSPS) is 12.1. The van der Waals surface area contributed by atoms with E-state index in [0.29, 0.717) is 17.0 Å². The van der Waals surface area contributed by atoms with Gasteiger partial charge in [0.25, 0.3) is 0 Å². The molecule has 2 N–H and O–H groups in total. The van der Waals surface area contributed by atoms with Crippen LogP contribution in [0, 0.1) is 0 Å². The third-order valence-corrected chi connectivity index (χ3v) is 5.66. The first-order valence-electron chi connectivity index (χ1n) is 8.62. The lowest BCUT2D eigenvalue weighted by Gasteiger charge is -2.15. The second kappa shape index (κ2) is 9.73. The lowest BCUT2D eigenvalue weighted by Crippen LogP contribution is -2.41. The van der Waals surface area contributed by atoms with Crippen molar-refractivity contribution in [2.24, 2.45) is 0 Å². The van der Waals surface area contributed by atoms with E-state index in [9.17, 15) is 18.0 Å². The topological polar surface area (TPSA) is 111 Å². The predicted octanol–water partition coefficient (Wildman–Crippen LogP) is 2.83. The lowest BCUT2D eigenvalue weighted by atomic mass is 10.2. The smallest absolute Gasteiger partial charge is 0.338 e. The molecular weight excluding hydrogens is 420 g/mol. The number of carbonyl (C=O) groups is 2. The van der Waals surface area contributed by atoms with Crippen LogP contribution < -0.4 is 14.8 Å². The molecule has 0 aromatic heterocycles. The Balaban J connectivity index is 2.04. The zero-order valence-electron chi connectivity index (χ0n) is 16.1. The first-order valence-corrected chi connectivity index (χ1v) is 10.5. The summed E-state index contributed by atoms with van der Waals surface area (Å²) in [7, 11) is -2.56. The first-order chi connectivity index (χ1) is 13.7. The van der Waals surface area contributed by atoms with Gasteiger partial charge in [-0.3, -0.25) is 4.79 Å². The number of sulfonamides is 1. The van der Waals surface area contributed by atoms with Crippen LogP contribution in [0.5, 0.6) is 5.75 Å². The van der Waals surface area contributed by atoms with Crippen molar-refractivity contribution in [3.63, 3.8) is 0 Å². The van der Waals surface area contributed by atoms with Gasteiger partial charge in [0, 0.05) is 5.69 Å². The van der Waals surface area contributed by atoms with E-state index in [4.69, 9.17) is 21.1 Å². The number of ether oxygens (including phenoxy) is 2. The summed E-state index contributed by atoms with van der Waals surface area (Å²) < 4.78 is 37.2. The molecule has 0 saturated carbocycles. The highest BCUT2D eigenvalue weighted by molar-refractivity contribution is 7.89. The van der Waals surface area contributed by atoms with E-state index in [1.807, 2.05) is 0 Å². The molecule has 2 aromatic carbocycles. The van der Waals surface area contributed by atoms with Gasteiger partial charge in [-0.15, -0.1) is 0 Å². The molecule has 1 amide bonds. The Kier molecular flexibility index (Phi) is 7.60. The second-order valence-electron chi connectivity index (χ2n) is 5.93. The molecule has 8 nitrogen and oxygen atoms in total. The Hall–Kier alpha value is -2.62. The van der Waals surface area contributed by atoms with E-state index in [-0.39, 0.29) is 16.5 Å². The number of anilines is 1. The van der Waals surface area contributed by atoms with Crippen LogP contribution in [0.15, 0.2) is 47.4 Å². The first kappa shape index (κ1) is 22.7. The molecule has 0 bridgehead atoms. The summed E-state index contributed by atoms with van der Waals surface area (Å²) in [6.07, 6.45) is 0. The van der Waals surface area contributed by atoms with Crippen LogP contribution in [0.4, 0.5) is 5.69 Å². The average Bonchev–Trinajstić information content (AvgIpc) is 2.68. The maximum absolute atomic E-state index is 12.5. The highest BCUT2D eigenvalue weighted by Crippen LogP contribution is 2.27. The Morgan fingerprint density at radius 1 is 1.14 bits per heavy atom. The lowest BCUT2D eigenvalue weighted by molar-refractivity contribution is -0.117. The van der Waals surface area contributed by atoms with E-state index < -0.39 is 27.9 Å². The summed E-state index contributed by atoms with van der Waals surface area (Å²) in [5, 5.41) is 2.71. The molecule has 0 aliphatic carbocycles. The fourth-order valence-electron chi connectivity index (χ4n) is 2.32. The van der Waals surface area contributed by atoms with Crippen LogP contribution in [-0.2, 0) is 19.6 Å². The SMILES string of the molecule is CCOC(=O)c1ccc(NC(=O)[C@H](C)NS(=O)(=O)c2ccc(OC)c(Cl)c2)cc1. The molecule has 2 rings (SSSR count). The van der Waals surface area contributed by atoms with Crippen LogP contribution in [0.2, 0.25) is 5.02 Å². The summed E-state index contributed by atoms with van der Waals surface area (Å²) in [5.41, 5.74) is 0.747. The van der Waals surface area contributed by atoms with Crippen LogP contribution in [0.1, 0.15) is 24.2 Å². The number of rotatable bonds is 8. The minimum atomic E-state index is -3.98. The molecule has 156 valence electrons. The monoisotopic (exact) mass is 440 g/mol. The number of benzene rings is 2. The summed E-state index contributed by atoms with van der Waals surface area (Å²) in [4.78, 5) is 23.9. The van der Waals surface area contributed by atoms with E-state index >= 15 is 0 Å². The van der Waals surface area contributed by atoms with E-state index in [1.165, 1.54) is 56.5 Å². The number of amides is 1. The summed E-state index contributed by atoms with van der Waals surface area (Å²) in [6.45, 7) is 3.37. The number of nitrogens with one attached hydrogen (secondary N) is 2. The zero-order chi connectivity index (χ0) is 21.6. The summed E-state index contributed by atoms with van der Waals surface area (Å²) in [5.74, 6) is -0.704. The quantitative estimate of drug-likeness (QED) is 0.610. The van der Waals surface area contributed by atoms with Crippen molar-refractivity contribution < 1.29 is 27.5 Å². The van der Waals surface area contributed by atoms with Crippen LogP contribution in [-0.4, -0.2) is 40.1 Å². The van der Waals surface area contributed by atoms with Gasteiger partial charge in [-0.1, -0.05) is 11.6 Å². The largest absolute Gasteiger partial charge is 0.495 e. The minimum absolute atomic E-state index is 0.0956. The van der Waals surface area contributed by atoms with Gasteiger partial charge < -0.3 is 14.8 Å². The van der Waals surface area contributed by atoms with Gasteiger partial charge in [0.15, 0.2) is 0 Å². The van der Waals surface area contributed by atoms with Crippen molar-refractivity contribution in [3.05, 3.63) is 53.1 Å². The van der Waals surface area contributed by atoms with Gasteiger partial charge in [0.05, 0.1) is 35.2 Å². The third kappa shape index (κ3) is 5.93. The van der Waals surface area contributed by atoms with Crippen molar-refractivity contribution in [3.8, 4) is 5.75 Å². The molecule has 0 saturated heterocycles. The van der Waals surface area contributed by atoms with Crippen LogP contribution in [0.25, 0.3) is 0 Å². The number of halogens is 1. The number of methoxy groups -OCH3 is 1. The minimum Gasteiger partial charge on any atom is -0.495 e. The van der Waals surface area contributed by atoms with Crippen LogP contribution in [0.3, 0.4) is 0 Å². The molecule has 0 fully saturated rings. The fraction of sp³-hybridized carbons (Fsp3) is 0.263. The highest BCUT2D eigenvalue weighted by atomic mass is 35.5. The van der Waals surface area contributed by atoms with Crippen molar-refractivity contribution >= 4 is 39.2 Å². The van der Waals surface area contributed by atoms with Gasteiger partial charge in [-0.05, 0) is 56.3 Å².